The van der Waals surface area contributed by atoms with Crippen molar-refractivity contribution in [2.75, 3.05) is 7.11 Å². The minimum absolute atomic E-state index is 0.289. The minimum Gasteiger partial charge on any atom is -0.497 e. The lowest BCUT2D eigenvalue weighted by molar-refractivity contribution is 0.0697. The van der Waals surface area contributed by atoms with Crippen molar-refractivity contribution < 1.29 is 14.6 Å². The summed E-state index contributed by atoms with van der Waals surface area (Å²) in [4.78, 5) is 11.4. The topological polar surface area (TPSA) is 46.5 Å². The van der Waals surface area contributed by atoms with Crippen molar-refractivity contribution in [3.05, 3.63) is 53.6 Å². The van der Waals surface area contributed by atoms with Gasteiger partial charge in [-0.25, -0.2) is 4.79 Å². The number of carbonyl (C=O) groups is 1. The van der Waals surface area contributed by atoms with Crippen molar-refractivity contribution in [2.24, 2.45) is 0 Å². The van der Waals surface area contributed by atoms with Crippen LogP contribution in [0.1, 0.15) is 35.7 Å². The first-order valence-corrected chi connectivity index (χ1v) is 7.16. The monoisotopic (exact) mass is 284 g/mol. The van der Waals surface area contributed by atoms with Crippen LogP contribution in [0.5, 0.6) is 5.75 Å². The molecule has 0 aliphatic rings. The predicted octanol–water partition coefficient (Wildman–Crippen LogP) is 4.40. The quantitative estimate of drug-likeness (QED) is 0.855. The van der Waals surface area contributed by atoms with E-state index in [0.29, 0.717) is 11.3 Å². The summed E-state index contributed by atoms with van der Waals surface area (Å²) in [5.74, 6) is -0.271. The first-order valence-electron chi connectivity index (χ1n) is 7.16. The zero-order chi connectivity index (χ0) is 15.2. The van der Waals surface area contributed by atoms with Crippen molar-refractivity contribution in [1.82, 2.24) is 0 Å². The summed E-state index contributed by atoms with van der Waals surface area (Å²) >= 11 is 0. The van der Waals surface area contributed by atoms with E-state index >= 15 is 0 Å². The molecule has 0 bridgehead atoms. The Morgan fingerprint density at radius 1 is 1.14 bits per heavy atom. The molecule has 21 heavy (non-hydrogen) atoms. The third-order valence-corrected chi connectivity index (χ3v) is 3.54. The fourth-order valence-corrected chi connectivity index (χ4v) is 2.31. The van der Waals surface area contributed by atoms with Gasteiger partial charge in [0.15, 0.2) is 0 Å². The van der Waals surface area contributed by atoms with Gasteiger partial charge in [-0.2, -0.15) is 0 Å². The molecule has 0 amide bonds. The van der Waals surface area contributed by atoms with Crippen molar-refractivity contribution in [3.63, 3.8) is 0 Å². The molecule has 0 aromatic heterocycles. The second-order valence-corrected chi connectivity index (χ2v) is 5.02. The summed E-state index contributed by atoms with van der Waals surface area (Å²) in [5.41, 5.74) is 3.15. The third kappa shape index (κ3) is 3.63. The molecule has 0 fully saturated rings. The summed E-state index contributed by atoms with van der Waals surface area (Å²) in [6, 6.07) is 13.1. The van der Waals surface area contributed by atoms with Crippen molar-refractivity contribution >= 4 is 5.97 Å². The number of carboxylic acid groups (broad SMARTS) is 1. The molecule has 0 saturated heterocycles. The molecule has 0 aliphatic carbocycles. The summed E-state index contributed by atoms with van der Waals surface area (Å²) in [7, 11) is 1.58. The SMILES string of the molecule is CCCCc1ccc(-c2cc(OC)ccc2C(=O)O)cc1. The first-order chi connectivity index (χ1) is 10.2. The Morgan fingerprint density at radius 2 is 1.86 bits per heavy atom. The van der Waals surface area contributed by atoms with Crippen LogP contribution in [0.2, 0.25) is 0 Å². The van der Waals surface area contributed by atoms with Crippen LogP contribution in [0.15, 0.2) is 42.5 Å². The molecule has 1 N–H and O–H groups in total. The molecule has 3 nitrogen and oxygen atoms in total. The number of rotatable bonds is 6. The molecule has 2 aromatic rings. The molecular weight excluding hydrogens is 264 g/mol. The second kappa shape index (κ2) is 6.93. The molecule has 0 unspecified atom stereocenters. The van der Waals surface area contributed by atoms with Crippen LogP contribution < -0.4 is 4.74 Å². The molecule has 110 valence electrons. The number of aryl methyl sites for hydroxylation is 1. The van der Waals surface area contributed by atoms with Crippen molar-refractivity contribution in [3.8, 4) is 16.9 Å². The molecule has 3 heteroatoms. The van der Waals surface area contributed by atoms with E-state index < -0.39 is 5.97 Å². The summed E-state index contributed by atoms with van der Waals surface area (Å²) < 4.78 is 5.19. The fraction of sp³-hybridized carbons (Fsp3) is 0.278. The molecule has 0 spiro atoms. The highest BCUT2D eigenvalue weighted by atomic mass is 16.5. The van der Waals surface area contributed by atoms with Gasteiger partial charge >= 0.3 is 5.97 Å². The number of aromatic carboxylic acids is 1. The van der Waals surface area contributed by atoms with Crippen LogP contribution in [0, 0.1) is 0 Å². The Bertz CT molecular complexity index is 615. The molecule has 0 saturated carbocycles. The van der Waals surface area contributed by atoms with E-state index in [9.17, 15) is 9.90 Å². The van der Waals surface area contributed by atoms with Crippen LogP contribution in [-0.2, 0) is 6.42 Å². The van der Waals surface area contributed by atoms with Crippen LogP contribution in [0.3, 0.4) is 0 Å². The van der Waals surface area contributed by atoms with Gasteiger partial charge in [0.05, 0.1) is 12.7 Å². The Morgan fingerprint density at radius 3 is 2.43 bits per heavy atom. The van der Waals surface area contributed by atoms with E-state index in [-0.39, 0.29) is 5.56 Å². The van der Waals surface area contributed by atoms with Crippen LogP contribution in [-0.4, -0.2) is 18.2 Å². The summed E-state index contributed by atoms with van der Waals surface area (Å²) in [6.07, 6.45) is 3.39. The maximum absolute atomic E-state index is 11.4. The Labute approximate surface area is 125 Å². The number of hydrogen-bond donors (Lipinski definition) is 1. The van der Waals surface area contributed by atoms with Gasteiger partial charge in [-0.3, -0.25) is 0 Å². The molecule has 0 atom stereocenters. The lowest BCUT2D eigenvalue weighted by Crippen LogP contribution is -2.00. The van der Waals surface area contributed by atoms with Gasteiger partial charge in [-0.1, -0.05) is 37.6 Å². The van der Waals surface area contributed by atoms with Gasteiger partial charge < -0.3 is 9.84 Å². The minimum atomic E-state index is -0.928. The average molecular weight is 284 g/mol. The number of unbranched alkanes of at least 4 members (excludes halogenated alkanes) is 1. The molecule has 2 aromatic carbocycles. The van der Waals surface area contributed by atoms with E-state index in [2.05, 4.69) is 19.1 Å². The van der Waals surface area contributed by atoms with Gasteiger partial charge in [0.25, 0.3) is 0 Å². The molecule has 0 radical (unpaired) electrons. The zero-order valence-corrected chi connectivity index (χ0v) is 12.4. The number of benzene rings is 2. The van der Waals surface area contributed by atoms with E-state index in [0.717, 1.165) is 12.0 Å². The Kier molecular flexibility index (Phi) is 4.99. The van der Waals surface area contributed by atoms with Crippen molar-refractivity contribution in [1.29, 1.82) is 0 Å². The number of carboxylic acids is 1. The molecule has 0 heterocycles. The maximum Gasteiger partial charge on any atom is 0.336 e. The predicted molar refractivity (Wildman–Crippen MR) is 84.0 cm³/mol. The highest BCUT2D eigenvalue weighted by Crippen LogP contribution is 2.28. The second-order valence-electron chi connectivity index (χ2n) is 5.02. The highest BCUT2D eigenvalue weighted by molar-refractivity contribution is 5.96. The van der Waals surface area contributed by atoms with Gasteiger partial charge in [0.1, 0.15) is 5.75 Å². The summed E-state index contributed by atoms with van der Waals surface area (Å²) in [6.45, 7) is 2.17. The number of hydrogen-bond acceptors (Lipinski definition) is 2. The lowest BCUT2D eigenvalue weighted by atomic mass is 9.97. The smallest absolute Gasteiger partial charge is 0.336 e. The fourth-order valence-electron chi connectivity index (χ4n) is 2.31. The first kappa shape index (κ1) is 15.1. The molecular formula is C18H20O3. The van der Waals surface area contributed by atoms with Crippen LogP contribution in [0.4, 0.5) is 0 Å². The maximum atomic E-state index is 11.4. The van der Waals surface area contributed by atoms with E-state index in [1.54, 1.807) is 25.3 Å². The molecule has 0 aliphatic heterocycles. The van der Waals surface area contributed by atoms with E-state index in [1.165, 1.54) is 18.4 Å². The number of ether oxygens (including phenoxy) is 1. The van der Waals surface area contributed by atoms with E-state index in [1.807, 2.05) is 12.1 Å². The summed E-state index contributed by atoms with van der Waals surface area (Å²) in [5, 5.41) is 9.32. The Hall–Kier alpha value is -2.29. The van der Waals surface area contributed by atoms with Gasteiger partial charge in [-0.05, 0) is 47.7 Å². The van der Waals surface area contributed by atoms with Crippen LogP contribution >= 0.6 is 0 Å². The molecule has 2 rings (SSSR count). The van der Waals surface area contributed by atoms with Crippen molar-refractivity contribution in [2.45, 2.75) is 26.2 Å². The largest absolute Gasteiger partial charge is 0.497 e. The van der Waals surface area contributed by atoms with Gasteiger partial charge in [-0.15, -0.1) is 0 Å². The van der Waals surface area contributed by atoms with E-state index in [4.69, 9.17) is 4.74 Å². The Balaban J connectivity index is 2.37. The highest BCUT2D eigenvalue weighted by Gasteiger charge is 2.12. The standard InChI is InChI=1S/C18H20O3/c1-3-4-5-13-6-8-14(9-7-13)17-12-15(21-2)10-11-16(17)18(19)20/h6-12H,3-5H2,1-2H3,(H,19,20). The van der Waals surface area contributed by atoms with Gasteiger partial charge in [0.2, 0.25) is 0 Å². The van der Waals surface area contributed by atoms with Crippen LogP contribution in [0.25, 0.3) is 11.1 Å². The third-order valence-electron chi connectivity index (χ3n) is 3.54. The zero-order valence-electron chi connectivity index (χ0n) is 12.4. The lowest BCUT2D eigenvalue weighted by Gasteiger charge is -2.10. The number of methoxy groups -OCH3 is 1. The average Bonchev–Trinajstić information content (AvgIpc) is 2.52. The van der Waals surface area contributed by atoms with Gasteiger partial charge in [0, 0.05) is 0 Å². The normalized spacial score (nSPS) is 10.4.